The average molecular weight is 248 g/mol. The van der Waals surface area contributed by atoms with Crippen LogP contribution >= 0.6 is 0 Å². The summed E-state index contributed by atoms with van der Waals surface area (Å²) in [5.74, 6) is 0.638. The van der Waals surface area contributed by atoms with Gasteiger partial charge in [0.25, 0.3) is 0 Å². The van der Waals surface area contributed by atoms with E-state index in [1.165, 1.54) is 19.3 Å². The van der Waals surface area contributed by atoms with Crippen LogP contribution in [0, 0.1) is 0 Å². The van der Waals surface area contributed by atoms with Crippen LogP contribution in [0.5, 0.6) is 11.5 Å². The fourth-order valence-electron chi connectivity index (χ4n) is 2.39. The van der Waals surface area contributed by atoms with E-state index in [0.717, 1.165) is 12.8 Å². The summed E-state index contributed by atoms with van der Waals surface area (Å²) in [6.45, 7) is 1.79. The van der Waals surface area contributed by atoms with Crippen LogP contribution in [0.15, 0.2) is 18.2 Å². The van der Waals surface area contributed by atoms with E-state index in [-0.39, 0.29) is 17.6 Å². The summed E-state index contributed by atoms with van der Waals surface area (Å²) in [6.07, 6.45) is 6.52. The number of phenols is 1. The first kappa shape index (κ1) is 12.9. The molecular formula is C15H20O3. The Kier molecular flexibility index (Phi) is 4.24. The minimum atomic E-state index is -0.0447. The van der Waals surface area contributed by atoms with E-state index in [1.54, 1.807) is 25.1 Å². The lowest BCUT2D eigenvalue weighted by atomic mass is 9.98. The van der Waals surface area contributed by atoms with E-state index in [9.17, 15) is 9.90 Å². The Bertz CT molecular complexity index is 420. The Balaban J connectivity index is 2.06. The molecule has 0 bridgehead atoms. The van der Waals surface area contributed by atoms with Gasteiger partial charge in [0.1, 0.15) is 11.5 Å². The van der Waals surface area contributed by atoms with Gasteiger partial charge >= 0.3 is 0 Å². The van der Waals surface area contributed by atoms with Crippen molar-refractivity contribution in [2.75, 3.05) is 0 Å². The first-order chi connectivity index (χ1) is 8.70. The highest BCUT2D eigenvalue weighted by Crippen LogP contribution is 2.28. The van der Waals surface area contributed by atoms with Crippen molar-refractivity contribution in [1.29, 1.82) is 0 Å². The fourth-order valence-corrected chi connectivity index (χ4v) is 2.39. The molecule has 0 saturated heterocycles. The largest absolute Gasteiger partial charge is 0.507 e. The highest BCUT2D eigenvalue weighted by atomic mass is 16.5. The number of rotatable bonds is 4. The van der Waals surface area contributed by atoms with E-state index in [1.807, 2.05) is 0 Å². The van der Waals surface area contributed by atoms with Crippen LogP contribution in [-0.2, 0) is 0 Å². The number of ketones is 1. The van der Waals surface area contributed by atoms with Crippen molar-refractivity contribution in [3.8, 4) is 11.5 Å². The predicted octanol–water partition coefficient (Wildman–Crippen LogP) is 3.70. The fraction of sp³-hybridized carbons (Fsp3) is 0.533. The van der Waals surface area contributed by atoms with E-state index < -0.39 is 0 Å². The van der Waals surface area contributed by atoms with Crippen molar-refractivity contribution < 1.29 is 14.6 Å². The molecule has 1 N–H and O–H groups in total. The Hall–Kier alpha value is -1.51. The number of benzene rings is 1. The summed E-state index contributed by atoms with van der Waals surface area (Å²) in [7, 11) is 0. The number of carbonyl (C=O) groups is 1. The molecule has 0 radical (unpaired) electrons. The third kappa shape index (κ3) is 3.03. The second-order valence-electron chi connectivity index (χ2n) is 4.83. The molecule has 1 aliphatic carbocycles. The minimum Gasteiger partial charge on any atom is -0.507 e. The Morgan fingerprint density at radius 1 is 1.33 bits per heavy atom. The maximum absolute atomic E-state index is 11.5. The second kappa shape index (κ2) is 5.89. The van der Waals surface area contributed by atoms with Crippen molar-refractivity contribution in [2.24, 2.45) is 0 Å². The van der Waals surface area contributed by atoms with Gasteiger partial charge in [-0.05, 0) is 37.8 Å². The number of ether oxygens (including phenoxy) is 1. The van der Waals surface area contributed by atoms with Crippen molar-refractivity contribution in [2.45, 2.75) is 51.6 Å². The van der Waals surface area contributed by atoms with Gasteiger partial charge < -0.3 is 9.84 Å². The van der Waals surface area contributed by atoms with Crippen LogP contribution in [0.3, 0.4) is 0 Å². The summed E-state index contributed by atoms with van der Waals surface area (Å²) in [6, 6.07) is 4.98. The van der Waals surface area contributed by atoms with Crippen LogP contribution < -0.4 is 4.74 Å². The number of carbonyl (C=O) groups excluding carboxylic acids is 1. The van der Waals surface area contributed by atoms with E-state index in [0.29, 0.717) is 17.7 Å². The van der Waals surface area contributed by atoms with Gasteiger partial charge in [-0.2, -0.15) is 0 Å². The molecule has 0 amide bonds. The van der Waals surface area contributed by atoms with Crippen LogP contribution in [0.4, 0.5) is 0 Å². The van der Waals surface area contributed by atoms with E-state index in [2.05, 4.69) is 0 Å². The Morgan fingerprint density at radius 3 is 2.67 bits per heavy atom. The molecule has 1 saturated carbocycles. The van der Waals surface area contributed by atoms with Gasteiger partial charge in [-0.15, -0.1) is 0 Å². The molecule has 18 heavy (non-hydrogen) atoms. The Labute approximate surface area is 108 Å². The number of hydrogen-bond acceptors (Lipinski definition) is 3. The third-order valence-corrected chi connectivity index (χ3v) is 3.45. The van der Waals surface area contributed by atoms with Gasteiger partial charge in [0.15, 0.2) is 5.78 Å². The topological polar surface area (TPSA) is 46.5 Å². The molecule has 2 rings (SSSR count). The average Bonchev–Trinajstić information content (AvgIpc) is 2.39. The third-order valence-electron chi connectivity index (χ3n) is 3.45. The smallest absolute Gasteiger partial charge is 0.166 e. The van der Waals surface area contributed by atoms with Crippen LogP contribution in [0.1, 0.15) is 55.8 Å². The highest BCUT2D eigenvalue weighted by Gasteiger charge is 2.16. The summed E-state index contributed by atoms with van der Waals surface area (Å²) < 4.78 is 5.83. The predicted molar refractivity (Wildman–Crippen MR) is 70.2 cm³/mol. The van der Waals surface area contributed by atoms with Crippen molar-refractivity contribution in [3.63, 3.8) is 0 Å². The number of hydrogen-bond donors (Lipinski definition) is 1. The first-order valence-electron chi connectivity index (χ1n) is 6.73. The molecule has 1 aromatic rings. The lowest BCUT2D eigenvalue weighted by molar-refractivity contribution is 0.0985. The molecule has 1 aromatic carbocycles. The molecule has 3 heteroatoms. The number of Topliss-reactive ketones (excluding diaryl/α,β-unsaturated/α-hetero) is 1. The molecule has 1 aliphatic rings. The number of phenolic OH excluding ortho intramolecular Hbond substituents is 1. The molecular weight excluding hydrogens is 228 g/mol. The normalized spacial score (nSPS) is 16.5. The lowest BCUT2D eigenvalue weighted by Crippen LogP contribution is -2.19. The van der Waals surface area contributed by atoms with E-state index >= 15 is 0 Å². The second-order valence-corrected chi connectivity index (χ2v) is 4.83. The van der Waals surface area contributed by atoms with Crippen molar-refractivity contribution in [3.05, 3.63) is 23.8 Å². The van der Waals surface area contributed by atoms with Crippen LogP contribution in [-0.4, -0.2) is 17.0 Å². The molecule has 0 heterocycles. The summed E-state index contributed by atoms with van der Waals surface area (Å²) in [5.41, 5.74) is 0.383. The van der Waals surface area contributed by atoms with Crippen molar-refractivity contribution >= 4 is 5.78 Å². The highest BCUT2D eigenvalue weighted by molar-refractivity contribution is 5.98. The molecule has 0 unspecified atom stereocenters. The zero-order valence-electron chi connectivity index (χ0n) is 10.8. The summed E-state index contributed by atoms with van der Waals surface area (Å²) in [5, 5.41) is 9.82. The van der Waals surface area contributed by atoms with Crippen LogP contribution in [0.2, 0.25) is 0 Å². The van der Waals surface area contributed by atoms with Gasteiger partial charge in [0.2, 0.25) is 0 Å². The van der Waals surface area contributed by atoms with E-state index in [4.69, 9.17) is 4.74 Å². The first-order valence-corrected chi connectivity index (χ1v) is 6.73. The molecule has 0 aliphatic heterocycles. The van der Waals surface area contributed by atoms with Gasteiger partial charge in [-0.25, -0.2) is 0 Å². The van der Waals surface area contributed by atoms with Gasteiger partial charge in [-0.3, -0.25) is 4.79 Å². The summed E-state index contributed by atoms with van der Waals surface area (Å²) in [4.78, 5) is 11.5. The molecule has 1 fully saturated rings. The molecule has 0 spiro atoms. The lowest BCUT2D eigenvalue weighted by Gasteiger charge is -2.23. The molecule has 0 aromatic heterocycles. The molecule has 3 nitrogen and oxygen atoms in total. The Morgan fingerprint density at radius 2 is 2.06 bits per heavy atom. The van der Waals surface area contributed by atoms with Gasteiger partial charge in [0.05, 0.1) is 11.7 Å². The van der Waals surface area contributed by atoms with Crippen LogP contribution in [0.25, 0.3) is 0 Å². The monoisotopic (exact) mass is 248 g/mol. The van der Waals surface area contributed by atoms with Crippen molar-refractivity contribution in [1.82, 2.24) is 0 Å². The number of aromatic hydroxyl groups is 1. The quantitative estimate of drug-likeness (QED) is 0.826. The van der Waals surface area contributed by atoms with Gasteiger partial charge in [-0.1, -0.05) is 13.3 Å². The standard InChI is InChI=1S/C15H20O3/c1-2-14(16)13-9-8-12(10-15(13)17)18-11-6-4-3-5-7-11/h8-11,17H,2-7H2,1H3. The summed E-state index contributed by atoms with van der Waals surface area (Å²) >= 11 is 0. The minimum absolute atomic E-state index is 0.0233. The molecule has 98 valence electrons. The SMILES string of the molecule is CCC(=O)c1ccc(OC2CCCCC2)cc1O. The zero-order valence-corrected chi connectivity index (χ0v) is 10.8. The maximum Gasteiger partial charge on any atom is 0.166 e. The van der Waals surface area contributed by atoms with Gasteiger partial charge in [0, 0.05) is 12.5 Å². The zero-order chi connectivity index (χ0) is 13.0. The molecule has 0 atom stereocenters. The maximum atomic E-state index is 11.5.